The van der Waals surface area contributed by atoms with Gasteiger partial charge in [0.2, 0.25) is 0 Å². The number of anilines is 3. The summed E-state index contributed by atoms with van der Waals surface area (Å²) in [6.07, 6.45) is 4.42. The molecule has 0 bridgehead atoms. The number of benzene rings is 1. The normalized spacial score (nSPS) is 10.7. The quantitative estimate of drug-likeness (QED) is 0.709. The number of thioether (sulfide) groups is 1. The molecule has 0 radical (unpaired) electrons. The van der Waals surface area contributed by atoms with Crippen molar-refractivity contribution in [1.82, 2.24) is 4.98 Å². The number of hydrogen-bond acceptors (Lipinski definition) is 4. The van der Waals surface area contributed by atoms with Gasteiger partial charge in [-0.3, -0.25) is 4.98 Å². The van der Waals surface area contributed by atoms with E-state index in [1.54, 1.807) is 30.6 Å². The molecule has 1 aromatic heterocycles. The maximum absolute atomic E-state index is 12.6. The van der Waals surface area contributed by atoms with E-state index < -0.39 is 5.76 Å². The molecule has 0 unspecified atom stereocenters. The Morgan fingerprint density at radius 1 is 1.19 bits per heavy atom. The third-order valence-electron chi connectivity index (χ3n) is 2.70. The highest BCUT2D eigenvalue weighted by Gasteiger charge is 2.09. The summed E-state index contributed by atoms with van der Waals surface area (Å²) < 4.78 is 25.1. The predicted molar refractivity (Wildman–Crippen MR) is 84.6 cm³/mol. The fraction of sp³-hybridized carbons (Fsp3) is 0.267. The van der Waals surface area contributed by atoms with Crippen LogP contribution in [0.1, 0.15) is 13.3 Å². The van der Waals surface area contributed by atoms with Crippen molar-refractivity contribution in [2.45, 2.75) is 24.0 Å². The zero-order chi connectivity index (χ0) is 15.1. The molecule has 1 heterocycles. The molecule has 21 heavy (non-hydrogen) atoms. The Kier molecular flexibility index (Phi) is 5.80. The lowest BCUT2D eigenvalue weighted by Gasteiger charge is -2.12. The Morgan fingerprint density at radius 3 is 2.71 bits per heavy atom. The average molecular weight is 309 g/mol. The first kappa shape index (κ1) is 15.6. The smallest absolute Gasteiger partial charge is 0.288 e. The lowest BCUT2D eigenvalue weighted by atomic mass is 10.3. The molecule has 0 amide bonds. The Bertz CT molecular complexity index is 578. The molecular weight excluding hydrogens is 292 g/mol. The Hall–Kier alpha value is -1.82. The van der Waals surface area contributed by atoms with Gasteiger partial charge in [-0.1, -0.05) is 30.8 Å². The number of nitrogens with one attached hydrogen (secondary N) is 2. The van der Waals surface area contributed by atoms with Crippen molar-refractivity contribution in [2.24, 2.45) is 0 Å². The molecule has 0 aliphatic rings. The van der Waals surface area contributed by atoms with Gasteiger partial charge in [-0.15, -0.1) is 0 Å². The van der Waals surface area contributed by atoms with Gasteiger partial charge in [0, 0.05) is 11.4 Å². The van der Waals surface area contributed by atoms with E-state index in [-0.39, 0.29) is 0 Å². The number of alkyl halides is 2. The van der Waals surface area contributed by atoms with E-state index >= 15 is 0 Å². The molecule has 2 N–H and O–H groups in total. The van der Waals surface area contributed by atoms with E-state index in [1.807, 2.05) is 12.1 Å². The first-order chi connectivity index (χ1) is 10.2. The van der Waals surface area contributed by atoms with E-state index in [9.17, 15) is 8.78 Å². The summed E-state index contributed by atoms with van der Waals surface area (Å²) in [5.74, 6) is -2.44. The van der Waals surface area contributed by atoms with Crippen molar-refractivity contribution in [3.8, 4) is 0 Å². The van der Waals surface area contributed by atoms with Crippen LogP contribution < -0.4 is 10.6 Å². The minimum Gasteiger partial charge on any atom is -0.384 e. The van der Waals surface area contributed by atoms with E-state index in [0.717, 1.165) is 24.3 Å². The Morgan fingerprint density at radius 2 is 1.95 bits per heavy atom. The van der Waals surface area contributed by atoms with Crippen molar-refractivity contribution >= 4 is 28.8 Å². The van der Waals surface area contributed by atoms with Gasteiger partial charge < -0.3 is 10.6 Å². The van der Waals surface area contributed by atoms with E-state index in [1.165, 1.54) is 0 Å². The van der Waals surface area contributed by atoms with Gasteiger partial charge in [-0.05, 0) is 24.6 Å². The van der Waals surface area contributed by atoms with Gasteiger partial charge in [-0.25, -0.2) is 0 Å². The zero-order valence-electron chi connectivity index (χ0n) is 11.6. The summed E-state index contributed by atoms with van der Waals surface area (Å²) >= 11 is 0.531. The number of pyridine rings is 1. The summed E-state index contributed by atoms with van der Waals surface area (Å²) in [4.78, 5) is 4.66. The number of hydrogen-bond donors (Lipinski definition) is 2. The minimum atomic E-state index is -2.44. The van der Waals surface area contributed by atoms with Crippen molar-refractivity contribution in [1.29, 1.82) is 0 Å². The molecule has 0 saturated carbocycles. The van der Waals surface area contributed by atoms with Gasteiger partial charge in [0.05, 0.1) is 29.5 Å². The second-order valence-corrected chi connectivity index (χ2v) is 5.42. The second-order valence-electron chi connectivity index (χ2n) is 4.39. The molecule has 0 atom stereocenters. The van der Waals surface area contributed by atoms with Gasteiger partial charge in [0.1, 0.15) is 0 Å². The summed E-state index contributed by atoms with van der Waals surface area (Å²) in [5.41, 5.74) is 2.32. The minimum absolute atomic E-state index is 0.513. The molecule has 3 nitrogen and oxygen atoms in total. The predicted octanol–water partition coefficient (Wildman–Crippen LogP) is 4.96. The highest BCUT2D eigenvalue weighted by molar-refractivity contribution is 7.99. The first-order valence-corrected chi connectivity index (χ1v) is 7.57. The maximum Gasteiger partial charge on any atom is 0.288 e. The third-order valence-corrected chi connectivity index (χ3v) is 3.49. The lowest BCUT2D eigenvalue weighted by Crippen LogP contribution is -2.01. The maximum atomic E-state index is 12.6. The molecule has 2 aromatic rings. The largest absolute Gasteiger partial charge is 0.384 e. The van der Waals surface area contributed by atoms with Crippen molar-refractivity contribution in [3.05, 3.63) is 42.7 Å². The molecular formula is C15H17F2N3S. The van der Waals surface area contributed by atoms with Crippen LogP contribution in [-0.4, -0.2) is 17.3 Å². The van der Waals surface area contributed by atoms with Crippen LogP contribution in [0.3, 0.4) is 0 Å². The summed E-state index contributed by atoms with van der Waals surface area (Å²) in [5, 5.41) is 6.38. The number of rotatable bonds is 7. The summed E-state index contributed by atoms with van der Waals surface area (Å²) in [6, 6.07) is 8.91. The molecule has 0 fully saturated rings. The van der Waals surface area contributed by atoms with Crippen molar-refractivity contribution in [2.75, 3.05) is 17.2 Å². The molecule has 0 aliphatic carbocycles. The number of halogens is 2. The lowest BCUT2D eigenvalue weighted by molar-refractivity contribution is 0.252. The molecule has 0 saturated heterocycles. The monoisotopic (exact) mass is 309 g/mol. The summed E-state index contributed by atoms with van der Waals surface area (Å²) in [6.45, 7) is 2.95. The van der Waals surface area contributed by atoms with Crippen LogP contribution in [0.25, 0.3) is 0 Å². The highest BCUT2D eigenvalue weighted by Crippen LogP contribution is 2.33. The van der Waals surface area contributed by atoms with Crippen molar-refractivity contribution < 1.29 is 8.78 Å². The third kappa shape index (κ3) is 4.90. The van der Waals surface area contributed by atoms with Crippen LogP contribution in [0, 0.1) is 0 Å². The van der Waals surface area contributed by atoms with E-state index in [0.29, 0.717) is 22.3 Å². The fourth-order valence-corrected chi connectivity index (χ4v) is 2.39. The molecule has 6 heteroatoms. The van der Waals surface area contributed by atoms with Crippen molar-refractivity contribution in [3.63, 3.8) is 0 Å². The van der Waals surface area contributed by atoms with Crippen LogP contribution in [0.2, 0.25) is 0 Å². The van der Waals surface area contributed by atoms with Gasteiger partial charge in [0.15, 0.2) is 0 Å². The Balaban J connectivity index is 2.14. The van der Waals surface area contributed by atoms with Crippen LogP contribution in [0.5, 0.6) is 0 Å². The molecule has 2 rings (SSSR count). The first-order valence-electron chi connectivity index (χ1n) is 6.69. The molecule has 1 aromatic carbocycles. The fourth-order valence-electron chi connectivity index (χ4n) is 1.80. The van der Waals surface area contributed by atoms with Gasteiger partial charge in [0.25, 0.3) is 5.76 Å². The zero-order valence-corrected chi connectivity index (χ0v) is 12.5. The van der Waals surface area contributed by atoms with Gasteiger partial charge in [-0.2, -0.15) is 8.78 Å². The SMILES string of the molecule is CCCNc1cncc(Nc2ccccc2SC(F)F)c1. The second kappa shape index (κ2) is 7.83. The number of aromatic nitrogens is 1. The molecule has 0 aliphatic heterocycles. The number of nitrogens with zero attached hydrogens (tertiary/aromatic N) is 1. The Labute approximate surface area is 127 Å². The van der Waals surface area contributed by atoms with E-state index in [2.05, 4.69) is 22.5 Å². The topological polar surface area (TPSA) is 37.0 Å². The molecule has 0 spiro atoms. The standard InChI is InChI=1S/C15H17F2N3S/c1-2-7-19-11-8-12(10-18-9-11)20-13-5-3-4-6-14(13)21-15(16)17/h3-6,8-10,15,19-20H,2,7H2,1H3. The van der Waals surface area contributed by atoms with E-state index in [4.69, 9.17) is 0 Å². The average Bonchev–Trinajstić information content (AvgIpc) is 2.47. The van der Waals surface area contributed by atoms with Crippen LogP contribution in [0.15, 0.2) is 47.6 Å². The van der Waals surface area contributed by atoms with Crippen LogP contribution in [0.4, 0.5) is 25.8 Å². The van der Waals surface area contributed by atoms with Gasteiger partial charge >= 0.3 is 0 Å². The highest BCUT2D eigenvalue weighted by atomic mass is 32.2. The molecule has 112 valence electrons. The van der Waals surface area contributed by atoms with Crippen LogP contribution >= 0.6 is 11.8 Å². The number of para-hydroxylation sites is 1. The van der Waals surface area contributed by atoms with Crippen LogP contribution in [-0.2, 0) is 0 Å². The summed E-state index contributed by atoms with van der Waals surface area (Å²) in [7, 11) is 0.